The lowest BCUT2D eigenvalue weighted by molar-refractivity contribution is -0.143. The van der Waals surface area contributed by atoms with Crippen molar-refractivity contribution in [3.63, 3.8) is 0 Å². The van der Waals surface area contributed by atoms with E-state index in [1.807, 2.05) is 0 Å². The van der Waals surface area contributed by atoms with Gasteiger partial charge in [0, 0.05) is 4.47 Å². The third-order valence-corrected chi connectivity index (χ3v) is 2.61. The summed E-state index contributed by atoms with van der Waals surface area (Å²) in [5, 5.41) is 8.97. The van der Waals surface area contributed by atoms with Gasteiger partial charge in [-0.15, -0.1) is 0 Å². The second-order valence-electron chi connectivity index (χ2n) is 3.39. The Balaban J connectivity index is 3.25. The molecule has 0 spiro atoms. The van der Waals surface area contributed by atoms with Crippen molar-refractivity contribution in [3.05, 3.63) is 28.2 Å². The summed E-state index contributed by atoms with van der Waals surface area (Å²) in [6.45, 7) is 1.44. The van der Waals surface area contributed by atoms with Crippen molar-refractivity contribution in [1.82, 2.24) is 0 Å². The van der Waals surface area contributed by atoms with Gasteiger partial charge >= 0.3 is 5.97 Å². The van der Waals surface area contributed by atoms with E-state index >= 15 is 0 Å². The molecule has 1 aromatic carbocycles. The van der Waals surface area contributed by atoms with Gasteiger partial charge < -0.3 is 15.6 Å². The normalized spacial score (nSPS) is 14.4. The van der Waals surface area contributed by atoms with Crippen LogP contribution in [0.5, 0.6) is 5.75 Å². The van der Waals surface area contributed by atoms with Crippen LogP contribution in [-0.4, -0.2) is 18.2 Å². The van der Waals surface area contributed by atoms with Gasteiger partial charge in [0.15, 0.2) is 0 Å². The number of methoxy groups -OCH3 is 1. The van der Waals surface area contributed by atoms with E-state index < -0.39 is 11.5 Å². The van der Waals surface area contributed by atoms with Gasteiger partial charge in [-0.3, -0.25) is 0 Å². The molecular weight excluding hydrogens is 262 g/mol. The summed E-state index contributed by atoms with van der Waals surface area (Å²) in [7, 11) is 1.51. The third-order valence-electron chi connectivity index (χ3n) is 2.15. The van der Waals surface area contributed by atoms with Crippen molar-refractivity contribution in [2.24, 2.45) is 5.73 Å². The number of hydrogen-bond donors (Lipinski definition) is 2. The highest BCUT2D eigenvalue weighted by Gasteiger charge is 2.30. The van der Waals surface area contributed by atoms with Crippen molar-refractivity contribution < 1.29 is 14.6 Å². The van der Waals surface area contributed by atoms with Gasteiger partial charge in [0.05, 0.1) is 7.11 Å². The topological polar surface area (TPSA) is 72.5 Å². The lowest BCUT2D eigenvalue weighted by Gasteiger charge is -2.20. The lowest BCUT2D eigenvalue weighted by atomic mass is 9.93. The Labute approximate surface area is 96.2 Å². The van der Waals surface area contributed by atoms with E-state index in [0.29, 0.717) is 11.3 Å². The zero-order valence-electron chi connectivity index (χ0n) is 8.45. The van der Waals surface area contributed by atoms with Crippen LogP contribution in [0, 0.1) is 0 Å². The summed E-state index contributed by atoms with van der Waals surface area (Å²) in [5.74, 6) is -0.514. The number of benzene rings is 1. The second kappa shape index (κ2) is 4.20. The number of rotatable bonds is 3. The number of aliphatic carboxylic acids is 1. The van der Waals surface area contributed by atoms with Crippen LogP contribution in [0.1, 0.15) is 12.5 Å². The molecule has 1 atom stereocenters. The van der Waals surface area contributed by atoms with E-state index in [0.717, 1.165) is 4.47 Å². The molecule has 0 unspecified atom stereocenters. The fraction of sp³-hybridized carbons (Fsp3) is 0.300. The van der Waals surface area contributed by atoms with E-state index in [9.17, 15) is 4.79 Å². The highest BCUT2D eigenvalue weighted by atomic mass is 79.9. The fourth-order valence-electron chi connectivity index (χ4n) is 1.10. The Morgan fingerprint density at radius 1 is 1.53 bits per heavy atom. The SMILES string of the molecule is COc1cc(Br)cc([C@@](C)(N)C(=O)O)c1. The van der Waals surface area contributed by atoms with Gasteiger partial charge in [-0.25, -0.2) is 4.79 Å². The first-order valence-electron chi connectivity index (χ1n) is 4.25. The summed E-state index contributed by atoms with van der Waals surface area (Å²) < 4.78 is 5.76. The zero-order valence-corrected chi connectivity index (χ0v) is 10.0. The van der Waals surface area contributed by atoms with Crippen molar-refractivity contribution in [1.29, 1.82) is 0 Å². The van der Waals surface area contributed by atoms with Gasteiger partial charge in [0.1, 0.15) is 11.3 Å². The standard InChI is InChI=1S/C10H12BrNO3/c1-10(12,9(13)14)6-3-7(11)5-8(4-6)15-2/h3-5H,12H2,1-2H3,(H,13,14)/t10-/m1/s1. The first-order chi connectivity index (χ1) is 6.87. The number of hydrogen-bond acceptors (Lipinski definition) is 3. The van der Waals surface area contributed by atoms with Crippen molar-refractivity contribution in [2.45, 2.75) is 12.5 Å². The minimum Gasteiger partial charge on any atom is -0.497 e. The van der Waals surface area contributed by atoms with Gasteiger partial charge in [-0.05, 0) is 30.7 Å². The third kappa shape index (κ3) is 2.49. The highest BCUT2D eigenvalue weighted by molar-refractivity contribution is 9.10. The summed E-state index contributed by atoms with van der Waals surface area (Å²) in [4.78, 5) is 11.0. The monoisotopic (exact) mass is 273 g/mol. The van der Waals surface area contributed by atoms with E-state index in [1.165, 1.54) is 14.0 Å². The number of carboxylic acids is 1. The average Bonchev–Trinajstić information content (AvgIpc) is 2.16. The molecule has 0 radical (unpaired) electrons. The van der Waals surface area contributed by atoms with Crippen molar-refractivity contribution >= 4 is 21.9 Å². The molecule has 0 bridgehead atoms. The molecule has 0 aliphatic heterocycles. The molecule has 1 aromatic rings. The molecule has 0 aromatic heterocycles. The summed E-state index contributed by atoms with van der Waals surface area (Å²) >= 11 is 3.27. The molecule has 0 fully saturated rings. The summed E-state index contributed by atoms with van der Waals surface area (Å²) in [6, 6.07) is 5.01. The Morgan fingerprint density at radius 2 is 2.13 bits per heavy atom. The molecule has 1 rings (SSSR count). The molecule has 0 heterocycles. The smallest absolute Gasteiger partial charge is 0.328 e. The minimum atomic E-state index is -1.42. The lowest BCUT2D eigenvalue weighted by Crippen LogP contribution is -2.41. The van der Waals surface area contributed by atoms with E-state index in [2.05, 4.69) is 15.9 Å². The summed E-state index contributed by atoms with van der Waals surface area (Å²) in [6.07, 6.45) is 0. The molecule has 0 aliphatic rings. The van der Waals surface area contributed by atoms with Gasteiger partial charge in [-0.2, -0.15) is 0 Å². The molecule has 82 valence electrons. The molecule has 0 aliphatic carbocycles. The fourth-order valence-corrected chi connectivity index (χ4v) is 1.58. The van der Waals surface area contributed by atoms with Crippen molar-refractivity contribution in [2.75, 3.05) is 7.11 Å². The zero-order chi connectivity index (χ0) is 11.6. The van der Waals surface area contributed by atoms with Crippen LogP contribution in [0.25, 0.3) is 0 Å². The molecule has 0 saturated heterocycles. The molecule has 3 N–H and O–H groups in total. The largest absolute Gasteiger partial charge is 0.497 e. The summed E-state index contributed by atoms with van der Waals surface area (Å²) in [5.41, 5.74) is 4.77. The number of carbonyl (C=O) groups is 1. The first kappa shape index (κ1) is 12.0. The first-order valence-corrected chi connectivity index (χ1v) is 5.04. The number of nitrogens with two attached hydrogens (primary N) is 1. The molecule has 5 heteroatoms. The maximum absolute atomic E-state index is 11.0. The highest BCUT2D eigenvalue weighted by Crippen LogP contribution is 2.27. The Bertz CT molecular complexity index is 390. The van der Waals surface area contributed by atoms with E-state index in [1.54, 1.807) is 18.2 Å². The molecule has 4 nitrogen and oxygen atoms in total. The van der Waals surface area contributed by atoms with Crippen LogP contribution in [0.15, 0.2) is 22.7 Å². The Hall–Kier alpha value is -1.07. The second-order valence-corrected chi connectivity index (χ2v) is 4.30. The number of halogens is 1. The molecule has 0 amide bonds. The van der Waals surface area contributed by atoms with Gasteiger partial charge in [0.25, 0.3) is 0 Å². The Morgan fingerprint density at radius 3 is 2.60 bits per heavy atom. The average molecular weight is 274 g/mol. The quantitative estimate of drug-likeness (QED) is 0.880. The maximum Gasteiger partial charge on any atom is 0.328 e. The molecule has 15 heavy (non-hydrogen) atoms. The van der Waals surface area contributed by atoms with E-state index in [-0.39, 0.29) is 0 Å². The van der Waals surface area contributed by atoms with Crippen LogP contribution in [0.2, 0.25) is 0 Å². The van der Waals surface area contributed by atoms with Crippen LogP contribution in [0.3, 0.4) is 0 Å². The van der Waals surface area contributed by atoms with Gasteiger partial charge in [0.2, 0.25) is 0 Å². The molecular formula is C10H12BrNO3. The minimum absolute atomic E-state index is 0.487. The Kier molecular flexibility index (Phi) is 3.36. The van der Waals surface area contributed by atoms with Gasteiger partial charge in [-0.1, -0.05) is 15.9 Å². The predicted molar refractivity (Wildman–Crippen MR) is 59.9 cm³/mol. The predicted octanol–water partition coefficient (Wildman–Crippen LogP) is 1.72. The maximum atomic E-state index is 11.0. The molecule has 0 saturated carbocycles. The van der Waals surface area contributed by atoms with Crippen molar-refractivity contribution in [3.8, 4) is 5.75 Å². The van der Waals surface area contributed by atoms with Crippen LogP contribution < -0.4 is 10.5 Å². The number of carboxylic acid groups (broad SMARTS) is 1. The van der Waals surface area contributed by atoms with Crippen LogP contribution >= 0.6 is 15.9 Å². The van der Waals surface area contributed by atoms with E-state index in [4.69, 9.17) is 15.6 Å². The number of ether oxygens (including phenoxy) is 1. The van der Waals surface area contributed by atoms with Crippen LogP contribution in [0.4, 0.5) is 0 Å². The van der Waals surface area contributed by atoms with Crippen LogP contribution in [-0.2, 0) is 10.3 Å².